The van der Waals surface area contributed by atoms with Crippen molar-refractivity contribution in [2.45, 2.75) is 6.42 Å². The van der Waals surface area contributed by atoms with E-state index in [-0.39, 0.29) is 3.79 Å². The van der Waals surface area contributed by atoms with Crippen LogP contribution in [0.2, 0.25) is 0 Å². The second-order valence-electron chi connectivity index (χ2n) is 1.21. The summed E-state index contributed by atoms with van der Waals surface area (Å²) in [5, 5.41) is 2.87. The number of carbonyl (C=O) groups excluding carboxylic acids is 1. The van der Waals surface area contributed by atoms with E-state index >= 15 is 0 Å². The van der Waals surface area contributed by atoms with E-state index in [2.05, 4.69) is 5.32 Å². The highest BCUT2D eigenvalue weighted by Crippen LogP contribution is 1.88. The van der Waals surface area contributed by atoms with Crippen LogP contribution >= 0.6 is 22.6 Å². The van der Waals surface area contributed by atoms with Crippen LogP contribution in [0.3, 0.4) is 0 Å². The molecule has 1 N–H and O–H groups in total. The minimum Gasteiger partial charge on any atom is -0.319 e. The average molecular weight is 213 g/mol. The highest BCUT2D eigenvalue weighted by molar-refractivity contribution is 14.1. The van der Waals surface area contributed by atoms with Gasteiger partial charge in [0.25, 0.3) is 0 Å². The number of hydrogen-bond acceptors (Lipinski definition) is 2. The van der Waals surface area contributed by atoms with E-state index < -0.39 is 0 Å². The zero-order valence-corrected chi connectivity index (χ0v) is 6.36. The van der Waals surface area contributed by atoms with Crippen molar-refractivity contribution in [3.05, 3.63) is 0 Å². The molecule has 0 aliphatic heterocycles. The summed E-state index contributed by atoms with van der Waals surface area (Å²) >= 11 is 1.79. The van der Waals surface area contributed by atoms with Crippen LogP contribution < -0.4 is 5.32 Å². The second kappa shape index (κ2) is 4.52. The van der Waals surface area contributed by atoms with E-state index in [1.54, 1.807) is 22.6 Å². The summed E-state index contributed by atoms with van der Waals surface area (Å²) in [4.78, 5) is 10.1. The monoisotopic (exact) mass is 213 g/mol. The molecule has 0 aliphatic rings. The van der Waals surface area contributed by atoms with Crippen LogP contribution in [0.1, 0.15) is 6.42 Å². The molecule has 0 spiro atoms. The number of carbonyl (C=O) groups is 1. The first kappa shape index (κ1) is 7.36. The molecule has 0 aromatic rings. The maximum atomic E-state index is 10.1. The fourth-order valence-corrected chi connectivity index (χ4v) is 0.493. The lowest BCUT2D eigenvalue weighted by atomic mass is 10.5. The fraction of sp³-hybridized carbons (Fsp3) is 0.750. The Morgan fingerprint density at radius 1 is 1.86 bits per heavy atom. The predicted octanol–water partition coefficient (Wildman–Crippen LogP) is 0.558. The Kier molecular flexibility index (Phi) is 4.75. The lowest BCUT2D eigenvalue weighted by Gasteiger charge is -1.88. The summed E-state index contributed by atoms with van der Waals surface area (Å²) in [5.41, 5.74) is 0. The van der Waals surface area contributed by atoms with Gasteiger partial charge in [-0.3, -0.25) is 4.79 Å². The van der Waals surface area contributed by atoms with Crippen LogP contribution in [0.25, 0.3) is 0 Å². The molecule has 0 aromatic carbocycles. The van der Waals surface area contributed by atoms with E-state index in [0.29, 0.717) is 6.42 Å². The molecule has 0 bridgehead atoms. The van der Waals surface area contributed by atoms with Crippen molar-refractivity contribution in [2.24, 2.45) is 0 Å². The maximum Gasteiger partial charge on any atom is 0.193 e. The van der Waals surface area contributed by atoms with Crippen molar-refractivity contribution < 1.29 is 4.79 Å². The molecule has 0 amide bonds. The zero-order valence-electron chi connectivity index (χ0n) is 4.20. The molecule has 0 radical (unpaired) electrons. The highest BCUT2D eigenvalue weighted by Gasteiger charge is 1.89. The van der Waals surface area contributed by atoms with Crippen LogP contribution in [0.5, 0.6) is 0 Å². The normalized spacial score (nSPS) is 8.86. The Labute approximate surface area is 56.8 Å². The van der Waals surface area contributed by atoms with Gasteiger partial charge in [0, 0.05) is 13.0 Å². The van der Waals surface area contributed by atoms with Gasteiger partial charge in [-0.2, -0.15) is 0 Å². The Hall–Kier alpha value is 0.360. The van der Waals surface area contributed by atoms with Crippen LogP contribution in [0.4, 0.5) is 0 Å². The zero-order chi connectivity index (χ0) is 5.70. The van der Waals surface area contributed by atoms with Gasteiger partial charge < -0.3 is 5.32 Å². The Bertz CT molecular complexity index is 64.7. The molecule has 0 unspecified atom stereocenters. The van der Waals surface area contributed by atoms with E-state index in [4.69, 9.17) is 0 Å². The Balaban J connectivity index is 2.82. The molecule has 0 atom stereocenters. The topological polar surface area (TPSA) is 29.1 Å². The quantitative estimate of drug-likeness (QED) is 0.548. The average Bonchev–Trinajstić information content (AvgIpc) is 1.61. The van der Waals surface area contributed by atoms with Crippen molar-refractivity contribution >= 4 is 26.4 Å². The second-order valence-corrected chi connectivity index (χ2v) is 2.41. The molecule has 3 heteroatoms. The van der Waals surface area contributed by atoms with Gasteiger partial charge in [-0.15, -0.1) is 0 Å². The van der Waals surface area contributed by atoms with Gasteiger partial charge >= 0.3 is 0 Å². The van der Waals surface area contributed by atoms with Gasteiger partial charge in [0.1, 0.15) is 0 Å². The molecule has 0 saturated carbocycles. The van der Waals surface area contributed by atoms with E-state index in [9.17, 15) is 4.79 Å². The lowest BCUT2D eigenvalue weighted by Crippen LogP contribution is -2.09. The van der Waals surface area contributed by atoms with Gasteiger partial charge in [-0.05, 0) is 29.6 Å². The Morgan fingerprint density at radius 2 is 2.43 bits per heavy atom. The number of halogens is 1. The van der Waals surface area contributed by atoms with Crippen LogP contribution in [0.15, 0.2) is 0 Å². The number of rotatable bonds is 3. The highest BCUT2D eigenvalue weighted by atomic mass is 127. The summed E-state index contributed by atoms with van der Waals surface area (Å²) in [6.45, 7) is 0.793. The van der Waals surface area contributed by atoms with Crippen molar-refractivity contribution in [1.29, 1.82) is 0 Å². The molecular weight excluding hydrogens is 205 g/mol. The first-order valence-corrected chi connectivity index (χ1v) is 3.18. The largest absolute Gasteiger partial charge is 0.319 e. The van der Waals surface area contributed by atoms with Crippen molar-refractivity contribution in [3.8, 4) is 0 Å². The van der Waals surface area contributed by atoms with Gasteiger partial charge in [-0.25, -0.2) is 0 Å². The Morgan fingerprint density at radius 3 is 2.57 bits per heavy atom. The van der Waals surface area contributed by atoms with Crippen molar-refractivity contribution in [3.63, 3.8) is 0 Å². The standard InChI is InChI=1S/C4H8INO/c1-6-3-2-4(5)7/h6H,2-3H2,1H3. The third-order valence-electron chi connectivity index (χ3n) is 0.572. The molecule has 42 valence electrons. The number of hydrogen-bond donors (Lipinski definition) is 1. The van der Waals surface area contributed by atoms with Gasteiger partial charge in [0.05, 0.1) is 0 Å². The molecule has 0 aromatic heterocycles. The van der Waals surface area contributed by atoms with Crippen LogP contribution in [0, 0.1) is 0 Å². The van der Waals surface area contributed by atoms with Crippen LogP contribution in [-0.4, -0.2) is 17.4 Å². The van der Waals surface area contributed by atoms with Gasteiger partial charge in [0.2, 0.25) is 0 Å². The third-order valence-corrected chi connectivity index (χ3v) is 1.11. The summed E-state index contributed by atoms with van der Waals surface area (Å²) in [5.74, 6) is 0. The summed E-state index contributed by atoms with van der Waals surface area (Å²) in [6, 6.07) is 0. The van der Waals surface area contributed by atoms with Gasteiger partial charge in [-0.1, -0.05) is 0 Å². The SMILES string of the molecule is CNCCC(=O)I. The third kappa shape index (κ3) is 6.36. The lowest BCUT2D eigenvalue weighted by molar-refractivity contribution is -0.109. The molecule has 0 aliphatic carbocycles. The first-order valence-electron chi connectivity index (χ1n) is 2.10. The smallest absolute Gasteiger partial charge is 0.193 e. The molecular formula is C4H8INO. The molecule has 0 fully saturated rings. The molecule has 0 heterocycles. The molecule has 7 heavy (non-hydrogen) atoms. The summed E-state index contributed by atoms with van der Waals surface area (Å²) < 4.78 is 0.215. The fourth-order valence-electron chi connectivity index (χ4n) is 0.223. The molecule has 0 saturated heterocycles. The van der Waals surface area contributed by atoms with Gasteiger partial charge in [0.15, 0.2) is 3.79 Å². The first-order chi connectivity index (χ1) is 3.27. The van der Waals surface area contributed by atoms with Crippen molar-refractivity contribution in [2.75, 3.05) is 13.6 Å². The molecule has 0 rings (SSSR count). The molecule has 2 nitrogen and oxygen atoms in total. The summed E-state index contributed by atoms with van der Waals surface area (Å²) in [6.07, 6.45) is 0.636. The van der Waals surface area contributed by atoms with Crippen molar-refractivity contribution in [1.82, 2.24) is 5.32 Å². The minimum atomic E-state index is 0.215. The predicted molar refractivity (Wildman–Crippen MR) is 37.6 cm³/mol. The number of nitrogens with one attached hydrogen (secondary N) is 1. The van der Waals surface area contributed by atoms with E-state index in [1.165, 1.54) is 0 Å². The van der Waals surface area contributed by atoms with Crippen LogP contribution in [-0.2, 0) is 4.79 Å². The van der Waals surface area contributed by atoms with E-state index in [0.717, 1.165) is 6.54 Å². The minimum absolute atomic E-state index is 0.215. The van der Waals surface area contributed by atoms with E-state index in [1.807, 2.05) is 7.05 Å². The summed E-state index contributed by atoms with van der Waals surface area (Å²) in [7, 11) is 1.83. The maximum absolute atomic E-state index is 10.1.